The van der Waals surface area contributed by atoms with Crippen molar-refractivity contribution in [1.82, 2.24) is 24.4 Å². The first-order chi connectivity index (χ1) is 19.5. The van der Waals surface area contributed by atoms with E-state index in [-0.39, 0.29) is 5.95 Å². The molecule has 0 saturated carbocycles. The molecule has 2 aromatic carbocycles. The van der Waals surface area contributed by atoms with Crippen molar-refractivity contribution >= 4 is 40.5 Å². The lowest BCUT2D eigenvalue weighted by Gasteiger charge is -2.25. The highest BCUT2D eigenvalue weighted by molar-refractivity contribution is 5.87. The predicted molar refractivity (Wildman–Crippen MR) is 151 cm³/mol. The number of methoxy groups -OCH3 is 2. The molecule has 0 aliphatic carbocycles. The van der Waals surface area contributed by atoms with Crippen LogP contribution in [0.25, 0.3) is 16.9 Å². The number of amides is 1. The van der Waals surface area contributed by atoms with E-state index >= 15 is 0 Å². The van der Waals surface area contributed by atoms with Crippen molar-refractivity contribution in [3.63, 3.8) is 0 Å². The number of carbonyl (C=O) groups excluding carboxylic acids is 1. The van der Waals surface area contributed by atoms with Gasteiger partial charge in [-0.15, -0.1) is 0 Å². The minimum Gasteiger partial charge on any atom is -0.497 e. The standard InChI is InChI=1S/C27H31F3N8O3/c1-16-33-20-11-17(40-5)7-8-22(20)38(16)25-18(27(28,29)30)14-31-26(35-25)34-21-12-19(32-15-39)23(13-24(21)41-6)37(4)10-9-36(2)3/h7-8,11-15H,9-10H2,1-6H3,(H,32,39)(H,31,34,35). The van der Waals surface area contributed by atoms with Crippen LogP contribution in [0.3, 0.4) is 0 Å². The van der Waals surface area contributed by atoms with Crippen LogP contribution < -0.4 is 25.0 Å². The van der Waals surface area contributed by atoms with Gasteiger partial charge in [0.15, 0.2) is 5.82 Å². The van der Waals surface area contributed by atoms with Crippen molar-refractivity contribution < 1.29 is 27.4 Å². The first-order valence-electron chi connectivity index (χ1n) is 12.5. The number of ether oxygens (including phenoxy) is 2. The van der Waals surface area contributed by atoms with Crippen LogP contribution in [-0.2, 0) is 11.0 Å². The molecule has 0 radical (unpaired) electrons. The van der Waals surface area contributed by atoms with Gasteiger partial charge >= 0.3 is 6.18 Å². The van der Waals surface area contributed by atoms with Gasteiger partial charge in [0.2, 0.25) is 12.4 Å². The van der Waals surface area contributed by atoms with E-state index in [1.54, 1.807) is 37.3 Å². The fourth-order valence-electron chi connectivity index (χ4n) is 4.30. The minimum atomic E-state index is -4.74. The summed E-state index contributed by atoms with van der Waals surface area (Å²) in [5, 5.41) is 5.63. The van der Waals surface area contributed by atoms with Gasteiger partial charge in [-0.1, -0.05) is 0 Å². The molecule has 0 unspecified atom stereocenters. The number of aryl methyl sites for hydroxylation is 1. The second-order valence-electron chi connectivity index (χ2n) is 9.46. The molecule has 11 nitrogen and oxygen atoms in total. The number of alkyl halides is 3. The maximum absolute atomic E-state index is 14.1. The molecule has 2 N–H and O–H groups in total. The Labute approximate surface area is 234 Å². The lowest BCUT2D eigenvalue weighted by atomic mass is 10.2. The average Bonchev–Trinajstić information content (AvgIpc) is 3.25. The summed E-state index contributed by atoms with van der Waals surface area (Å²) < 4.78 is 54.5. The van der Waals surface area contributed by atoms with E-state index in [1.165, 1.54) is 18.8 Å². The van der Waals surface area contributed by atoms with Crippen molar-refractivity contribution in [1.29, 1.82) is 0 Å². The number of nitrogens with zero attached hydrogens (tertiary/aromatic N) is 6. The summed E-state index contributed by atoms with van der Waals surface area (Å²) in [6, 6.07) is 8.22. The van der Waals surface area contributed by atoms with E-state index in [0.29, 0.717) is 58.4 Å². The van der Waals surface area contributed by atoms with Gasteiger partial charge in [-0.3, -0.25) is 9.36 Å². The van der Waals surface area contributed by atoms with Crippen LogP contribution in [0.1, 0.15) is 11.4 Å². The van der Waals surface area contributed by atoms with Gasteiger partial charge < -0.3 is 29.9 Å². The highest BCUT2D eigenvalue weighted by Crippen LogP contribution is 2.39. The fraction of sp³-hybridized carbons (Fsp3) is 0.333. The lowest BCUT2D eigenvalue weighted by molar-refractivity contribution is -0.137. The van der Waals surface area contributed by atoms with E-state index in [2.05, 4.69) is 25.6 Å². The predicted octanol–water partition coefficient (Wildman–Crippen LogP) is 4.47. The zero-order valence-corrected chi connectivity index (χ0v) is 23.5. The molecule has 41 heavy (non-hydrogen) atoms. The summed E-state index contributed by atoms with van der Waals surface area (Å²) in [5.41, 5.74) is 1.31. The second-order valence-corrected chi connectivity index (χ2v) is 9.46. The van der Waals surface area contributed by atoms with E-state index < -0.39 is 17.6 Å². The summed E-state index contributed by atoms with van der Waals surface area (Å²) in [6.45, 7) is 3.01. The first kappa shape index (κ1) is 29.4. The summed E-state index contributed by atoms with van der Waals surface area (Å²) in [6.07, 6.45) is -3.47. The maximum atomic E-state index is 14.1. The van der Waals surface area contributed by atoms with Crippen molar-refractivity contribution in [2.45, 2.75) is 13.1 Å². The summed E-state index contributed by atoms with van der Waals surface area (Å²) in [4.78, 5) is 28.0. The average molecular weight is 573 g/mol. The smallest absolute Gasteiger partial charge is 0.421 e. The normalized spacial score (nSPS) is 11.6. The molecule has 1 amide bonds. The Balaban J connectivity index is 1.81. The number of benzene rings is 2. The number of fused-ring (bicyclic) bond motifs is 1. The minimum absolute atomic E-state index is 0.119. The number of imidazole rings is 1. The number of hydrogen-bond donors (Lipinski definition) is 2. The third-order valence-corrected chi connectivity index (χ3v) is 6.39. The molecule has 0 atom stereocenters. The Morgan fingerprint density at radius 2 is 1.78 bits per heavy atom. The molecule has 2 aromatic heterocycles. The third kappa shape index (κ3) is 6.27. The molecule has 4 rings (SSSR count). The van der Waals surface area contributed by atoms with Crippen LogP contribution in [0.15, 0.2) is 36.5 Å². The Morgan fingerprint density at radius 3 is 2.41 bits per heavy atom. The van der Waals surface area contributed by atoms with Crippen molar-refractivity contribution in [2.24, 2.45) is 0 Å². The van der Waals surface area contributed by atoms with Gasteiger partial charge in [-0.25, -0.2) is 9.97 Å². The highest BCUT2D eigenvalue weighted by Gasteiger charge is 2.36. The molecule has 2 heterocycles. The van der Waals surface area contributed by atoms with Crippen molar-refractivity contribution in [2.75, 3.05) is 64.0 Å². The Kier molecular flexibility index (Phi) is 8.52. The number of carbonyl (C=O) groups is 1. The van der Waals surface area contributed by atoms with E-state index in [1.807, 2.05) is 30.9 Å². The van der Waals surface area contributed by atoms with Gasteiger partial charge in [-0.2, -0.15) is 18.2 Å². The number of rotatable bonds is 11. The summed E-state index contributed by atoms with van der Waals surface area (Å²) in [7, 11) is 8.74. The first-order valence-corrected chi connectivity index (χ1v) is 12.5. The molecule has 218 valence electrons. The maximum Gasteiger partial charge on any atom is 0.421 e. The fourth-order valence-corrected chi connectivity index (χ4v) is 4.30. The summed E-state index contributed by atoms with van der Waals surface area (Å²) in [5.74, 6) is 0.668. The molecule has 14 heteroatoms. The topological polar surface area (TPSA) is 110 Å². The largest absolute Gasteiger partial charge is 0.497 e. The Bertz CT molecular complexity index is 1560. The van der Waals surface area contributed by atoms with Gasteiger partial charge in [0.1, 0.15) is 22.9 Å². The van der Waals surface area contributed by atoms with E-state index in [9.17, 15) is 18.0 Å². The van der Waals surface area contributed by atoms with Gasteiger partial charge in [0.05, 0.1) is 42.3 Å². The molecular formula is C27H31F3N8O3. The second kappa shape index (κ2) is 11.9. The molecule has 0 saturated heterocycles. The Hall–Kier alpha value is -4.59. The number of anilines is 4. The third-order valence-electron chi connectivity index (χ3n) is 6.39. The van der Waals surface area contributed by atoms with E-state index in [4.69, 9.17) is 9.47 Å². The zero-order valence-electron chi connectivity index (χ0n) is 23.5. The SMILES string of the molecule is COc1ccc2c(c1)nc(C)n2-c1nc(Nc2cc(NC=O)c(N(C)CCN(C)C)cc2OC)ncc1C(F)(F)F. The molecule has 4 aromatic rings. The molecule has 0 aliphatic heterocycles. The zero-order chi connectivity index (χ0) is 29.9. The number of nitrogens with one attached hydrogen (secondary N) is 2. The number of aromatic nitrogens is 4. The molecule has 0 aliphatic rings. The number of halogens is 3. The lowest BCUT2D eigenvalue weighted by Crippen LogP contribution is -2.29. The molecule has 0 bridgehead atoms. The number of likely N-dealkylation sites (N-methyl/N-ethyl adjacent to an activating group) is 2. The van der Waals surface area contributed by atoms with Crippen molar-refractivity contribution in [3.05, 3.63) is 47.9 Å². The van der Waals surface area contributed by atoms with Crippen LogP contribution in [0.2, 0.25) is 0 Å². The summed E-state index contributed by atoms with van der Waals surface area (Å²) >= 11 is 0. The molecular weight excluding hydrogens is 541 g/mol. The van der Waals surface area contributed by atoms with Crippen molar-refractivity contribution in [3.8, 4) is 17.3 Å². The van der Waals surface area contributed by atoms with Crippen LogP contribution in [0.5, 0.6) is 11.5 Å². The van der Waals surface area contributed by atoms with Crippen LogP contribution in [0, 0.1) is 6.92 Å². The van der Waals surface area contributed by atoms with Crippen LogP contribution in [-0.4, -0.2) is 79.3 Å². The van der Waals surface area contributed by atoms with E-state index in [0.717, 1.165) is 12.7 Å². The number of hydrogen-bond acceptors (Lipinski definition) is 9. The van der Waals surface area contributed by atoms with Gasteiger partial charge in [0, 0.05) is 38.5 Å². The van der Waals surface area contributed by atoms with Gasteiger partial charge in [0.25, 0.3) is 0 Å². The molecule has 0 fully saturated rings. The van der Waals surface area contributed by atoms with Crippen LogP contribution in [0.4, 0.5) is 36.2 Å². The molecule has 0 spiro atoms. The van der Waals surface area contributed by atoms with Gasteiger partial charge in [-0.05, 0) is 39.2 Å². The highest BCUT2D eigenvalue weighted by atomic mass is 19.4. The quantitative estimate of drug-likeness (QED) is 0.252. The van der Waals surface area contributed by atoms with Crippen LogP contribution >= 0.6 is 0 Å². The Morgan fingerprint density at radius 1 is 1.02 bits per heavy atom. The monoisotopic (exact) mass is 572 g/mol.